The van der Waals surface area contributed by atoms with Gasteiger partial charge in [-0.2, -0.15) is 5.26 Å². The van der Waals surface area contributed by atoms with E-state index in [2.05, 4.69) is 10.3 Å². The van der Waals surface area contributed by atoms with Gasteiger partial charge in [-0.25, -0.2) is 8.42 Å². The van der Waals surface area contributed by atoms with Crippen LogP contribution in [0.1, 0.15) is 11.1 Å². The van der Waals surface area contributed by atoms with E-state index in [1.165, 1.54) is 42.6 Å². The third kappa shape index (κ3) is 4.78. The van der Waals surface area contributed by atoms with Crippen molar-refractivity contribution in [3.63, 3.8) is 0 Å². The third-order valence-corrected chi connectivity index (χ3v) is 5.91. The van der Waals surface area contributed by atoms with Gasteiger partial charge in [-0.15, -0.1) is 0 Å². The first kappa shape index (κ1) is 20.0. The van der Waals surface area contributed by atoms with Crippen molar-refractivity contribution in [2.45, 2.75) is 11.8 Å². The molecule has 0 fully saturated rings. The lowest BCUT2D eigenvalue weighted by atomic mass is 10.2. The molecule has 7 nitrogen and oxygen atoms in total. The summed E-state index contributed by atoms with van der Waals surface area (Å²) < 4.78 is 27.5. The molecular weight excluding hydrogens is 388 g/mol. The standard InChI is InChI=1S/C21H18N4O3S/c1-16-4-10-20(11-5-16)29(27,28)25(19-8-6-17(13-22)7-9-19)15-21(26)24-18-3-2-12-23-14-18/h2-12,14H,15H2,1H3,(H,24,26). The molecule has 0 saturated carbocycles. The van der Waals surface area contributed by atoms with Crippen LogP contribution in [0.5, 0.6) is 0 Å². The Bertz CT molecular complexity index is 1140. The second-order valence-corrected chi connectivity index (χ2v) is 8.14. The smallest absolute Gasteiger partial charge is 0.264 e. The number of carbonyl (C=O) groups is 1. The molecule has 8 heteroatoms. The summed E-state index contributed by atoms with van der Waals surface area (Å²) in [6.07, 6.45) is 3.04. The normalized spacial score (nSPS) is 10.8. The summed E-state index contributed by atoms with van der Waals surface area (Å²) in [5, 5.41) is 11.6. The molecular formula is C21H18N4O3S. The van der Waals surface area contributed by atoms with Gasteiger partial charge in [0.25, 0.3) is 10.0 Å². The molecule has 0 aliphatic heterocycles. The first-order valence-electron chi connectivity index (χ1n) is 8.69. The first-order valence-corrected chi connectivity index (χ1v) is 10.1. The van der Waals surface area contributed by atoms with Crippen LogP contribution in [0.3, 0.4) is 0 Å². The quantitative estimate of drug-likeness (QED) is 0.677. The number of hydrogen-bond donors (Lipinski definition) is 1. The first-order chi connectivity index (χ1) is 13.9. The number of benzene rings is 2. The number of nitriles is 1. The maximum absolute atomic E-state index is 13.3. The van der Waals surface area contributed by atoms with Gasteiger partial charge in [0.15, 0.2) is 0 Å². The van der Waals surface area contributed by atoms with Crippen molar-refractivity contribution in [2.24, 2.45) is 0 Å². The molecule has 0 spiro atoms. The summed E-state index contributed by atoms with van der Waals surface area (Å²) in [5.41, 5.74) is 2.06. The van der Waals surface area contributed by atoms with Gasteiger partial charge in [0.05, 0.1) is 34.1 Å². The summed E-state index contributed by atoms with van der Waals surface area (Å²) in [5.74, 6) is -0.516. The lowest BCUT2D eigenvalue weighted by molar-refractivity contribution is -0.114. The molecule has 1 amide bonds. The van der Waals surface area contributed by atoms with E-state index >= 15 is 0 Å². The van der Waals surface area contributed by atoms with Gasteiger partial charge in [0.2, 0.25) is 5.91 Å². The average molecular weight is 406 g/mol. The molecule has 0 saturated heterocycles. The van der Waals surface area contributed by atoms with Crippen LogP contribution >= 0.6 is 0 Å². The number of nitrogens with zero attached hydrogens (tertiary/aromatic N) is 3. The van der Waals surface area contributed by atoms with Crippen molar-refractivity contribution < 1.29 is 13.2 Å². The van der Waals surface area contributed by atoms with Gasteiger partial charge in [0.1, 0.15) is 6.54 Å². The highest BCUT2D eigenvalue weighted by Gasteiger charge is 2.27. The predicted molar refractivity (Wildman–Crippen MR) is 110 cm³/mol. The third-order valence-electron chi connectivity index (χ3n) is 4.13. The van der Waals surface area contributed by atoms with Crippen LogP contribution in [0.25, 0.3) is 0 Å². The second-order valence-electron chi connectivity index (χ2n) is 6.27. The van der Waals surface area contributed by atoms with E-state index in [9.17, 15) is 13.2 Å². The summed E-state index contributed by atoms with van der Waals surface area (Å²) in [6.45, 7) is 1.42. The minimum absolute atomic E-state index is 0.0710. The molecule has 1 N–H and O–H groups in total. The van der Waals surface area contributed by atoms with E-state index in [4.69, 9.17) is 5.26 Å². The highest BCUT2D eigenvalue weighted by molar-refractivity contribution is 7.92. The minimum atomic E-state index is -4.00. The van der Waals surface area contributed by atoms with E-state index in [1.807, 2.05) is 13.0 Å². The molecule has 0 aliphatic rings. The van der Waals surface area contributed by atoms with Gasteiger partial charge >= 0.3 is 0 Å². The molecule has 29 heavy (non-hydrogen) atoms. The number of hydrogen-bond acceptors (Lipinski definition) is 5. The number of carbonyl (C=O) groups excluding carboxylic acids is 1. The Labute approximate surface area is 169 Å². The Balaban J connectivity index is 1.95. The minimum Gasteiger partial charge on any atom is -0.323 e. The number of aryl methyl sites for hydroxylation is 1. The van der Waals surface area contributed by atoms with E-state index in [-0.39, 0.29) is 10.6 Å². The van der Waals surface area contributed by atoms with Crippen molar-refractivity contribution in [1.29, 1.82) is 5.26 Å². The van der Waals surface area contributed by atoms with E-state index < -0.39 is 22.5 Å². The van der Waals surface area contributed by atoms with Crippen molar-refractivity contribution in [3.8, 4) is 6.07 Å². The van der Waals surface area contributed by atoms with Crippen LogP contribution in [0.15, 0.2) is 78.0 Å². The average Bonchev–Trinajstić information content (AvgIpc) is 2.73. The molecule has 1 aromatic heterocycles. The Morgan fingerprint density at radius 1 is 1.10 bits per heavy atom. The summed E-state index contributed by atoms with van der Waals surface area (Å²) in [4.78, 5) is 16.5. The van der Waals surface area contributed by atoms with Gasteiger partial charge in [0, 0.05) is 6.20 Å². The predicted octanol–water partition coefficient (Wildman–Crippen LogP) is 3.10. The molecule has 1 heterocycles. The van der Waals surface area contributed by atoms with E-state index in [0.29, 0.717) is 11.3 Å². The monoisotopic (exact) mass is 406 g/mol. The van der Waals surface area contributed by atoms with Gasteiger partial charge < -0.3 is 5.32 Å². The fourth-order valence-electron chi connectivity index (χ4n) is 2.62. The number of rotatable bonds is 6. The lowest BCUT2D eigenvalue weighted by Gasteiger charge is -2.24. The van der Waals surface area contributed by atoms with Crippen LogP contribution in [0.4, 0.5) is 11.4 Å². The summed E-state index contributed by atoms with van der Waals surface area (Å²) >= 11 is 0. The van der Waals surface area contributed by atoms with Crippen LogP contribution in [-0.2, 0) is 14.8 Å². The Morgan fingerprint density at radius 3 is 2.38 bits per heavy atom. The zero-order chi connectivity index (χ0) is 20.9. The molecule has 0 unspecified atom stereocenters. The SMILES string of the molecule is Cc1ccc(S(=O)(=O)N(CC(=O)Nc2cccnc2)c2ccc(C#N)cc2)cc1. The molecule has 0 radical (unpaired) electrons. The maximum Gasteiger partial charge on any atom is 0.264 e. The lowest BCUT2D eigenvalue weighted by Crippen LogP contribution is -2.38. The largest absolute Gasteiger partial charge is 0.323 e. The van der Waals surface area contributed by atoms with E-state index in [0.717, 1.165) is 9.87 Å². The van der Waals surface area contributed by atoms with Crippen molar-refractivity contribution in [2.75, 3.05) is 16.2 Å². The molecule has 0 aliphatic carbocycles. The Kier molecular flexibility index (Phi) is 5.90. The van der Waals surface area contributed by atoms with Crippen molar-refractivity contribution >= 4 is 27.3 Å². The highest BCUT2D eigenvalue weighted by atomic mass is 32.2. The van der Waals surface area contributed by atoms with Crippen LogP contribution in [0, 0.1) is 18.3 Å². The number of pyridine rings is 1. The Hall–Kier alpha value is -3.70. The zero-order valence-corrected chi connectivity index (χ0v) is 16.4. The number of sulfonamides is 1. The Morgan fingerprint density at radius 2 is 1.79 bits per heavy atom. The van der Waals surface area contributed by atoms with Crippen LogP contribution < -0.4 is 9.62 Å². The highest BCUT2D eigenvalue weighted by Crippen LogP contribution is 2.24. The van der Waals surface area contributed by atoms with E-state index in [1.54, 1.807) is 30.5 Å². The topological polar surface area (TPSA) is 103 Å². The maximum atomic E-state index is 13.3. The van der Waals surface area contributed by atoms with Crippen molar-refractivity contribution in [1.82, 2.24) is 4.98 Å². The number of aromatic nitrogens is 1. The number of amides is 1. The molecule has 2 aromatic carbocycles. The molecule has 3 rings (SSSR count). The van der Waals surface area contributed by atoms with Gasteiger partial charge in [-0.05, 0) is 55.5 Å². The van der Waals surface area contributed by atoms with Crippen LogP contribution in [0.2, 0.25) is 0 Å². The second kappa shape index (κ2) is 8.54. The molecule has 0 bridgehead atoms. The summed E-state index contributed by atoms with van der Waals surface area (Å²) in [6, 6.07) is 17.7. The van der Waals surface area contributed by atoms with Crippen LogP contribution in [-0.4, -0.2) is 25.9 Å². The number of nitrogens with one attached hydrogen (secondary N) is 1. The molecule has 0 atom stereocenters. The number of anilines is 2. The van der Waals surface area contributed by atoms with Crippen molar-refractivity contribution in [3.05, 3.63) is 84.2 Å². The van der Waals surface area contributed by atoms with Gasteiger partial charge in [-0.3, -0.25) is 14.1 Å². The fraction of sp³-hybridized carbons (Fsp3) is 0.0952. The molecule has 3 aromatic rings. The fourth-order valence-corrected chi connectivity index (χ4v) is 4.04. The van der Waals surface area contributed by atoms with Gasteiger partial charge in [-0.1, -0.05) is 17.7 Å². The molecule has 146 valence electrons. The summed E-state index contributed by atoms with van der Waals surface area (Å²) in [7, 11) is -4.00. The zero-order valence-electron chi connectivity index (χ0n) is 15.6.